The van der Waals surface area contributed by atoms with E-state index in [1.165, 1.54) is 6.20 Å². The van der Waals surface area contributed by atoms with Crippen LogP contribution in [0.1, 0.15) is 12.8 Å². The molecule has 110 valence electrons. The van der Waals surface area contributed by atoms with E-state index in [-0.39, 0.29) is 11.0 Å². The Morgan fingerprint density at radius 2 is 2.15 bits per heavy atom. The van der Waals surface area contributed by atoms with Gasteiger partial charge in [-0.3, -0.25) is 10.1 Å². The Hall–Kier alpha value is -1.47. The van der Waals surface area contributed by atoms with Crippen molar-refractivity contribution in [2.75, 3.05) is 38.6 Å². The minimum absolute atomic E-state index is 0.0426. The predicted molar refractivity (Wildman–Crippen MR) is 77.2 cm³/mol. The van der Waals surface area contributed by atoms with Gasteiger partial charge in [-0.25, -0.2) is 4.98 Å². The van der Waals surface area contributed by atoms with Gasteiger partial charge < -0.3 is 9.80 Å². The van der Waals surface area contributed by atoms with E-state index in [0.29, 0.717) is 11.7 Å². The summed E-state index contributed by atoms with van der Waals surface area (Å²) in [5.74, 6) is 0.955. The number of hydrogen-bond acceptors (Lipinski definition) is 6. The fraction of sp³-hybridized carbons (Fsp3) is 0.667. The third-order valence-electron chi connectivity index (χ3n) is 3.45. The van der Waals surface area contributed by atoms with Crippen LogP contribution < -0.4 is 4.90 Å². The molecule has 1 aliphatic rings. The molecule has 0 amide bonds. The molecule has 1 fully saturated rings. The second kappa shape index (κ2) is 6.32. The summed E-state index contributed by atoms with van der Waals surface area (Å²) in [7, 11) is 4.11. The maximum Gasteiger partial charge on any atom is 0.329 e. The molecule has 0 unspecified atom stereocenters. The number of halogens is 1. The minimum Gasteiger partial charge on any atom is -0.351 e. The van der Waals surface area contributed by atoms with Gasteiger partial charge in [0.1, 0.15) is 6.20 Å². The first-order chi connectivity index (χ1) is 9.47. The van der Waals surface area contributed by atoms with Crippen LogP contribution in [0.2, 0.25) is 5.28 Å². The average Bonchev–Trinajstić information content (AvgIpc) is 2.38. The number of piperidine rings is 1. The molecular weight excluding hydrogens is 282 g/mol. The first kappa shape index (κ1) is 14.9. The first-order valence-electron chi connectivity index (χ1n) is 6.54. The van der Waals surface area contributed by atoms with Crippen LogP contribution >= 0.6 is 11.6 Å². The van der Waals surface area contributed by atoms with E-state index in [2.05, 4.69) is 29.0 Å². The number of hydrogen-bond donors (Lipinski definition) is 0. The van der Waals surface area contributed by atoms with Crippen LogP contribution in [0.5, 0.6) is 0 Å². The molecule has 7 nitrogen and oxygen atoms in total. The maximum atomic E-state index is 11.0. The van der Waals surface area contributed by atoms with E-state index in [0.717, 1.165) is 32.5 Å². The first-order valence-corrected chi connectivity index (χ1v) is 6.91. The van der Waals surface area contributed by atoms with Crippen molar-refractivity contribution in [3.05, 3.63) is 21.6 Å². The Balaban J connectivity index is 2.10. The molecule has 1 aromatic rings. The highest BCUT2D eigenvalue weighted by Gasteiger charge is 2.27. The molecule has 20 heavy (non-hydrogen) atoms. The van der Waals surface area contributed by atoms with Crippen LogP contribution in [0, 0.1) is 16.0 Å². The van der Waals surface area contributed by atoms with Crippen molar-refractivity contribution in [2.24, 2.45) is 5.92 Å². The quantitative estimate of drug-likeness (QED) is 0.479. The number of nitro groups is 1. The number of anilines is 1. The number of aromatic nitrogens is 2. The zero-order valence-corrected chi connectivity index (χ0v) is 12.4. The summed E-state index contributed by atoms with van der Waals surface area (Å²) < 4.78 is 0. The molecule has 0 aliphatic carbocycles. The molecule has 1 aromatic heterocycles. The van der Waals surface area contributed by atoms with E-state index < -0.39 is 4.92 Å². The Labute approximate surface area is 122 Å². The fourth-order valence-corrected chi connectivity index (χ4v) is 2.68. The third-order valence-corrected chi connectivity index (χ3v) is 3.64. The van der Waals surface area contributed by atoms with Crippen LogP contribution in [0.15, 0.2) is 6.20 Å². The van der Waals surface area contributed by atoms with Gasteiger partial charge in [-0.15, -0.1) is 0 Å². The fourth-order valence-electron chi connectivity index (χ4n) is 2.55. The lowest BCUT2D eigenvalue weighted by molar-refractivity contribution is -0.384. The van der Waals surface area contributed by atoms with Crippen LogP contribution in [0.25, 0.3) is 0 Å². The Morgan fingerprint density at radius 3 is 2.70 bits per heavy atom. The standard InChI is InChI=1S/C12H18ClN5O2/c1-16(2)8-9-3-5-17(6-4-9)11-10(18(19)20)7-14-12(13)15-11/h7,9H,3-6,8H2,1-2H3. The van der Waals surface area contributed by atoms with Gasteiger partial charge >= 0.3 is 5.69 Å². The van der Waals surface area contributed by atoms with Crippen molar-refractivity contribution in [1.29, 1.82) is 0 Å². The Bertz CT molecular complexity index is 489. The molecule has 1 saturated heterocycles. The van der Waals surface area contributed by atoms with Crippen molar-refractivity contribution in [3.63, 3.8) is 0 Å². The molecule has 0 bridgehead atoms. The van der Waals surface area contributed by atoms with Gasteiger partial charge in [0.05, 0.1) is 4.92 Å². The van der Waals surface area contributed by atoms with Crippen LogP contribution in [-0.2, 0) is 0 Å². The van der Waals surface area contributed by atoms with Crippen LogP contribution in [0.4, 0.5) is 11.5 Å². The maximum absolute atomic E-state index is 11.0. The Kier molecular flexibility index (Phi) is 4.72. The summed E-state index contributed by atoms with van der Waals surface area (Å²) >= 11 is 5.76. The van der Waals surface area contributed by atoms with Gasteiger partial charge in [0.25, 0.3) is 0 Å². The molecule has 0 spiro atoms. The van der Waals surface area contributed by atoms with Gasteiger partial charge in [0, 0.05) is 19.6 Å². The van der Waals surface area contributed by atoms with Gasteiger partial charge in [0.2, 0.25) is 11.1 Å². The second-order valence-electron chi connectivity index (χ2n) is 5.30. The summed E-state index contributed by atoms with van der Waals surface area (Å²) in [5, 5.41) is 11.1. The SMILES string of the molecule is CN(C)CC1CCN(c2nc(Cl)ncc2[N+](=O)[O-])CC1. The third kappa shape index (κ3) is 3.55. The predicted octanol–water partition coefficient (Wildman–Crippen LogP) is 1.82. The largest absolute Gasteiger partial charge is 0.351 e. The lowest BCUT2D eigenvalue weighted by Gasteiger charge is -2.33. The van der Waals surface area contributed by atoms with Gasteiger partial charge in [0.15, 0.2) is 0 Å². The molecule has 1 aliphatic heterocycles. The van der Waals surface area contributed by atoms with Gasteiger partial charge in [-0.05, 0) is 44.5 Å². The number of nitrogens with zero attached hydrogens (tertiary/aromatic N) is 5. The molecule has 2 rings (SSSR count). The van der Waals surface area contributed by atoms with Crippen LogP contribution in [-0.4, -0.2) is 53.5 Å². The molecule has 2 heterocycles. The van der Waals surface area contributed by atoms with Gasteiger partial charge in [-0.2, -0.15) is 4.98 Å². The summed E-state index contributed by atoms with van der Waals surface area (Å²) in [6, 6.07) is 0. The van der Waals surface area contributed by atoms with Crippen molar-refractivity contribution >= 4 is 23.1 Å². The lowest BCUT2D eigenvalue weighted by atomic mass is 9.96. The number of rotatable bonds is 4. The van der Waals surface area contributed by atoms with Crippen LogP contribution in [0.3, 0.4) is 0 Å². The highest BCUT2D eigenvalue weighted by molar-refractivity contribution is 6.28. The average molecular weight is 300 g/mol. The minimum atomic E-state index is -0.461. The molecule has 0 saturated carbocycles. The molecular formula is C12H18ClN5O2. The molecule has 0 atom stereocenters. The van der Waals surface area contributed by atoms with Crippen molar-refractivity contribution in [3.8, 4) is 0 Å². The summed E-state index contributed by atoms with van der Waals surface area (Å²) in [6.45, 7) is 2.56. The lowest BCUT2D eigenvalue weighted by Crippen LogP contribution is -2.37. The highest BCUT2D eigenvalue weighted by atomic mass is 35.5. The highest BCUT2D eigenvalue weighted by Crippen LogP contribution is 2.29. The van der Waals surface area contributed by atoms with E-state index in [1.54, 1.807) is 0 Å². The smallest absolute Gasteiger partial charge is 0.329 e. The van der Waals surface area contributed by atoms with Crippen molar-refractivity contribution < 1.29 is 4.92 Å². The monoisotopic (exact) mass is 299 g/mol. The summed E-state index contributed by atoms with van der Waals surface area (Å²) in [4.78, 5) is 22.4. The van der Waals surface area contributed by atoms with E-state index in [1.807, 2.05) is 4.90 Å². The van der Waals surface area contributed by atoms with Gasteiger partial charge in [-0.1, -0.05) is 0 Å². The topological polar surface area (TPSA) is 75.4 Å². The van der Waals surface area contributed by atoms with E-state index in [4.69, 9.17) is 11.6 Å². The zero-order chi connectivity index (χ0) is 14.7. The van der Waals surface area contributed by atoms with Crippen molar-refractivity contribution in [1.82, 2.24) is 14.9 Å². The van der Waals surface area contributed by atoms with E-state index >= 15 is 0 Å². The second-order valence-corrected chi connectivity index (χ2v) is 5.64. The Morgan fingerprint density at radius 1 is 1.50 bits per heavy atom. The summed E-state index contributed by atoms with van der Waals surface area (Å²) in [5.41, 5.74) is -0.0829. The van der Waals surface area contributed by atoms with Crippen molar-refractivity contribution in [2.45, 2.75) is 12.8 Å². The van der Waals surface area contributed by atoms with E-state index in [9.17, 15) is 10.1 Å². The molecule has 0 N–H and O–H groups in total. The summed E-state index contributed by atoms with van der Waals surface area (Å²) in [6.07, 6.45) is 3.17. The molecule has 0 radical (unpaired) electrons. The molecule has 0 aromatic carbocycles. The normalized spacial score (nSPS) is 16.7. The zero-order valence-electron chi connectivity index (χ0n) is 11.6. The molecule has 8 heteroatoms.